The van der Waals surface area contributed by atoms with Crippen LogP contribution in [0.1, 0.15) is 21.6 Å². The van der Waals surface area contributed by atoms with Gasteiger partial charge in [0.2, 0.25) is 0 Å². The lowest BCUT2D eigenvalue weighted by molar-refractivity contribution is -0.385. The molecule has 0 fully saturated rings. The first-order valence-electron chi connectivity index (χ1n) is 6.21. The highest BCUT2D eigenvalue weighted by atomic mass is 16.6. The minimum Gasteiger partial charge on any atom is -0.497 e. The van der Waals surface area contributed by atoms with E-state index in [1.54, 1.807) is 31.4 Å². The van der Waals surface area contributed by atoms with Crippen molar-refractivity contribution in [1.82, 2.24) is 4.98 Å². The van der Waals surface area contributed by atoms with Gasteiger partial charge in [-0.15, -0.1) is 0 Å². The van der Waals surface area contributed by atoms with Gasteiger partial charge in [0.1, 0.15) is 11.9 Å². The summed E-state index contributed by atoms with van der Waals surface area (Å²) < 4.78 is 5.09. The Kier molecular flexibility index (Phi) is 4.47. The zero-order chi connectivity index (χ0) is 16.1. The molecule has 0 bridgehead atoms. The molecule has 112 valence electrons. The van der Waals surface area contributed by atoms with Crippen molar-refractivity contribution in [3.05, 3.63) is 63.5 Å². The van der Waals surface area contributed by atoms with Gasteiger partial charge in [0.05, 0.1) is 23.3 Å². The number of benzene rings is 1. The van der Waals surface area contributed by atoms with Crippen molar-refractivity contribution in [2.24, 2.45) is 0 Å². The van der Waals surface area contributed by atoms with Gasteiger partial charge in [0.15, 0.2) is 0 Å². The van der Waals surface area contributed by atoms with Crippen LogP contribution in [0.5, 0.6) is 5.75 Å². The Morgan fingerprint density at radius 2 is 2.14 bits per heavy atom. The molecule has 0 saturated heterocycles. The van der Waals surface area contributed by atoms with E-state index in [0.717, 1.165) is 17.8 Å². The molecule has 0 aliphatic rings. The number of carboxylic acids is 1. The van der Waals surface area contributed by atoms with Crippen molar-refractivity contribution < 1.29 is 19.6 Å². The van der Waals surface area contributed by atoms with Crippen LogP contribution >= 0.6 is 0 Å². The number of methoxy groups -OCH3 is 1. The smallest absolute Gasteiger partial charge is 0.338 e. The largest absolute Gasteiger partial charge is 0.497 e. The van der Waals surface area contributed by atoms with E-state index in [1.807, 2.05) is 6.07 Å². The topological polar surface area (TPSA) is 103 Å². The number of carbonyl (C=O) groups is 1. The standard InChI is InChI=1S/C15H12N2O5/c1-22-12-4-2-3-10(7-12)5-6-14-13(15(18)19)8-11(9-16-14)17(20)21/h2-9H,1H3,(H,18,19). The third-order valence-corrected chi connectivity index (χ3v) is 2.87. The molecule has 0 spiro atoms. The average molecular weight is 300 g/mol. The number of pyridine rings is 1. The van der Waals surface area contributed by atoms with Crippen LogP contribution < -0.4 is 4.74 Å². The van der Waals surface area contributed by atoms with Gasteiger partial charge in [-0.1, -0.05) is 18.2 Å². The minimum absolute atomic E-state index is 0.140. The van der Waals surface area contributed by atoms with Gasteiger partial charge in [-0.2, -0.15) is 0 Å². The lowest BCUT2D eigenvalue weighted by atomic mass is 10.1. The SMILES string of the molecule is COc1cccc(C=Cc2ncc([N+](=O)[O-])cc2C(=O)O)c1. The fraction of sp³-hybridized carbons (Fsp3) is 0.0667. The molecule has 1 heterocycles. The van der Waals surface area contributed by atoms with Crippen LogP contribution in [0.4, 0.5) is 5.69 Å². The molecule has 1 aromatic heterocycles. The van der Waals surface area contributed by atoms with Gasteiger partial charge in [0.25, 0.3) is 5.69 Å². The summed E-state index contributed by atoms with van der Waals surface area (Å²) in [4.78, 5) is 25.0. The molecule has 0 saturated carbocycles. The second-order valence-electron chi connectivity index (χ2n) is 4.30. The van der Waals surface area contributed by atoms with Gasteiger partial charge < -0.3 is 9.84 Å². The third-order valence-electron chi connectivity index (χ3n) is 2.87. The van der Waals surface area contributed by atoms with Gasteiger partial charge >= 0.3 is 5.97 Å². The van der Waals surface area contributed by atoms with E-state index in [2.05, 4.69) is 4.98 Å². The highest BCUT2D eigenvalue weighted by Gasteiger charge is 2.15. The summed E-state index contributed by atoms with van der Waals surface area (Å²) in [5, 5.41) is 19.8. The predicted octanol–water partition coefficient (Wildman–Crippen LogP) is 2.87. The molecule has 0 unspecified atom stereocenters. The number of hydrogen-bond acceptors (Lipinski definition) is 5. The van der Waals surface area contributed by atoms with E-state index in [4.69, 9.17) is 9.84 Å². The highest BCUT2D eigenvalue weighted by Crippen LogP contribution is 2.19. The summed E-state index contributed by atoms with van der Waals surface area (Å²) in [5.74, 6) is -0.612. The Morgan fingerprint density at radius 3 is 2.77 bits per heavy atom. The van der Waals surface area contributed by atoms with Crippen LogP contribution in [-0.4, -0.2) is 28.1 Å². The van der Waals surface area contributed by atoms with Crippen molar-refractivity contribution in [3.8, 4) is 5.75 Å². The van der Waals surface area contributed by atoms with E-state index in [0.29, 0.717) is 5.75 Å². The van der Waals surface area contributed by atoms with Gasteiger partial charge in [-0.05, 0) is 23.8 Å². The summed E-state index contributed by atoms with van der Waals surface area (Å²) in [6, 6.07) is 8.14. The van der Waals surface area contributed by atoms with Gasteiger partial charge in [0, 0.05) is 6.07 Å². The molecule has 0 amide bonds. The molecular weight excluding hydrogens is 288 g/mol. The molecule has 22 heavy (non-hydrogen) atoms. The number of carboxylic acid groups (broad SMARTS) is 1. The van der Waals surface area contributed by atoms with Crippen LogP contribution in [0, 0.1) is 10.1 Å². The lowest BCUT2D eigenvalue weighted by Crippen LogP contribution is -2.03. The molecule has 2 rings (SSSR count). The highest BCUT2D eigenvalue weighted by molar-refractivity contribution is 5.93. The van der Waals surface area contributed by atoms with Crippen LogP contribution in [0.3, 0.4) is 0 Å². The first-order chi connectivity index (χ1) is 10.5. The molecule has 2 aromatic rings. The molecule has 7 heteroatoms. The second kappa shape index (κ2) is 6.49. The van der Waals surface area contributed by atoms with Crippen molar-refractivity contribution in [3.63, 3.8) is 0 Å². The minimum atomic E-state index is -1.28. The van der Waals surface area contributed by atoms with E-state index in [1.165, 1.54) is 6.08 Å². The Labute approximate surface area is 125 Å². The van der Waals surface area contributed by atoms with Crippen LogP contribution in [0.15, 0.2) is 36.5 Å². The summed E-state index contributed by atoms with van der Waals surface area (Å²) in [6.45, 7) is 0. The molecule has 0 aliphatic heterocycles. The molecule has 0 aliphatic carbocycles. The Hall–Kier alpha value is -3.22. The Balaban J connectivity index is 2.37. The molecule has 0 atom stereocenters. The summed E-state index contributed by atoms with van der Waals surface area (Å²) in [5.41, 5.74) is 0.334. The fourth-order valence-corrected chi connectivity index (χ4v) is 1.79. The number of rotatable bonds is 5. The normalized spacial score (nSPS) is 10.6. The number of aromatic carboxylic acids is 1. The molecular formula is C15H12N2O5. The molecule has 1 N–H and O–H groups in total. The van der Waals surface area contributed by atoms with Crippen LogP contribution in [0.25, 0.3) is 12.2 Å². The number of aromatic nitrogens is 1. The number of ether oxygens (including phenoxy) is 1. The number of nitro groups is 1. The maximum Gasteiger partial charge on any atom is 0.338 e. The molecule has 1 aromatic carbocycles. The van der Waals surface area contributed by atoms with Crippen LogP contribution in [-0.2, 0) is 0 Å². The van der Waals surface area contributed by atoms with Crippen LogP contribution in [0.2, 0.25) is 0 Å². The van der Waals surface area contributed by atoms with Crippen molar-refractivity contribution in [2.75, 3.05) is 7.11 Å². The maximum atomic E-state index is 11.2. The maximum absolute atomic E-state index is 11.2. The molecule has 7 nitrogen and oxygen atoms in total. The zero-order valence-electron chi connectivity index (χ0n) is 11.6. The first kappa shape index (κ1) is 15.2. The zero-order valence-corrected chi connectivity index (χ0v) is 11.6. The lowest BCUT2D eigenvalue weighted by Gasteiger charge is -2.02. The Morgan fingerprint density at radius 1 is 1.36 bits per heavy atom. The fourth-order valence-electron chi connectivity index (χ4n) is 1.79. The Bertz CT molecular complexity index is 755. The summed E-state index contributed by atoms with van der Waals surface area (Å²) in [6.07, 6.45) is 4.17. The van der Waals surface area contributed by atoms with E-state index >= 15 is 0 Å². The quantitative estimate of drug-likeness (QED) is 0.672. The van der Waals surface area contributed by atoms with Gasteiger partial charge in [-0.25, -0.2) is 9.78 Å². The van der Waals surface area contributed by atoms with E-state index in [9.17, 15) is 14.9 Å². The average Bonchev–Trinajstić information content (AvgIpc) is 2.52. The monoisotopic (exact) mass is 300 g/mol. The summed E-state index contributed by atoms with van der Waals surface area (Å²) in [7, 11) is 1.54. The molecule has 0 radical (unpaired) electrons. The number of nitrogens with zero attached hydrogens (tertiary/aromatic N) is 2. The van der Waals surface area contributed by atoms with Crippen molar-refractivity contribution in [2.45, 2.75) is 0 Å². The third kappa shape index (κ3) is 3.45. The number of hydrogen-bond donors (Lipinski definition) is 1. The first-order valence-corrected chi connectivity index (χ1v) is 6.21. The summed E-state index contributed by atoms with van der Waals surface area (Å²) >= 11 is 0. The predicted molar refractivity (Wildman–Crippen MR) is 79.8 cm³/mol. The van der Waals surface area contributed by atoms with Crippen molar-refractivity contribution in [1.29, 1.82) is 0 Å². The van der Waals surface area contributed by atoms with Gasteiger partial charge in [-0.3, -0.25) is 10.1 Å². The van der Waals surface area contributed by atoms with E-state index < -0.39 is 10.9 Å². The van der Waals surface area contributed by atoms with Crippen molar-refractivity contribution >= 4 is 23.8 Å². The second-order valence-corrected chi connectivity index (χ2v) is 4.30. The van der Waals surface area contributed by atoms with E-state index in [-0.39, 0.29) is 16.9 Å².